The van der Waals surface area contributed by atoms with Gasteiger partial charge in [-0.1, -0.05) is 13.8 Å². The third-order valence-corrected chi connectivity index (χ3v) is 4.77. The van der Waals surface area contributed by atoms with Crippen LogP contribution in [0.5, 0.6) is 0 Å². The van der Waals surface area contributed by atoms with E-state index in [0.717, 1.165) is 11.8 Å². The maximum atomic E-state index is 11.1. The number of hydrogen-bond donors (Lipinski definition) is 0. The molecule has 0 unspecified atom stereocenters. The lowest BCUT2D eigenvalue weighted by Gasteiger charge is -2.35. The number of benzene rings is 1. The van der Waals surface area contributed by atoms with Crippen LogP contribution in [0.25, 0.3) is 0 Å². The summed E-state index contributed by atoms with van der Waals surface area (Å²) >= 11 is 1.94. The zero-order valence-electron chi connectivity index (χ0n) is 10.4. The van der Waals surface area contributed by atoms with Gasteiger partial charge in [0.2, 0.25) is 0 Å². The van der Waals surface area contributed by atoms with Gasteiger partial charge in [-0.3, -0.25) is 4.79 Å². The van der Waals surface area contributed by atoms with E-state index in [1.165, 1.54) is 33.8 Å². The van der Waals surface area contributed by atoms with Crippen LogP contribution in [0.1, 0.15) is 47.3 Å². The Labute approximate surface area is 102 Å². The number of aldehydes is 1. The van der Waals surface area contributed by atoms with Crippen LogP contribution >= 0.6 is 11.8 Å². The topological polar surface area (TPSA) is 17.1 Å². The van der Waals surface area contributed by atoms with Crippen molar-refractivity contribution >= 4 is 18.0 Å². The lowest BCUT2D eigenvalue weighted by molar-refractivity contribution is 0.112. The Bertz CT molecular complexity index is 447. The van der Waals surface area contributed by atoms with Crippen LogP contribution in [-0.2, 0) is 5.41 Å². The highest BCUT2D eigenvalue weighted by molar-refractivity contribution is 7.99. The SMILES string of the molecule is Cc1cc(C=O)c(C)c2c1SCCC2(C)C. The number of fused-ring (bicyclic) bond motifs is 1. The molecule has 0 atom stereocenters. The van der Waals surface area contributed by atoms with Gasteiger partial charge in [-0.15, -0.1) is 11.8 Å². The first-order chi connectivity index (χ1) is 7.47. The van der Waals surface area contributed by atoms with Crippen molar-refractivity contribution in [2.24, 2.45) is 0 Å². The van der Waals surface area contributed by atoms with Crippen molar-refractivity contribution in [3.05, 3.63) is 28.3 Å². The number of thioether (sulfide) groups is 1. The van der Waals surface area contributed by atoms with Crippen LogP contribution < -0.4 is 0 Å². The molecule has 0 N–H and O–H groups in total. The summed E-state index contributed by atoms with van der Waals surface area (Å²) in [5.74, 6) is 1.18. The van der Waals surface area contributed by atoms with Gasteiger partial charge in [0.05, 0.1) is 0 Å². The summed E-state index contributed by atoms with van der Waals surface area (Å²) < 4.78 is 0. The van der Waals surface area contributed by atoms with E-state index in [1.54, 1.807) is 0 Å². The highest BCUT2D eigenvalue weighted by atomic mass is 32.2. The summed E-state index contributed by atoms with van der Waals surface area (Å²) in [7, 11) is 0. The third kappa shape index (κ3) is 1.69. The molecule has 16 heavy (non-hydrogen) atoms. The van der Waals surface area contributed by atoms with Gasteiger partial charge in [-0.05, 0) is 54.2 Å². The molecule has 0 saturated carbocycles. The lowest BCUT2D eigenvalue weighted by Crippen LogP contribution is -2.25. The molecule has 1 heterocycles. The second-order valence-corrected chi connectivity index (χ2v) is 6.32. The number of carbonyl (C=O) groups is 1. The van der Waals surface area contributed by atoms with E-state index in [9.17, 15) is 4.79 Å². The fourth-order valence-electron chi connectivity index (χ4n) is 2.58. The van der Waals surface area contributed by atoms with E-state index < -0.39 is 0 Å². The van der Waals surface area contributed by atoms with Gasteiger partial charge < -0.3 is 0 Å². The smallest absolute Gasteiger partial charge is 0.150 e. The van der Waals surface area contributed by atoms with Gasteiger partial charge in [0.15, 0.2) is 0 Å². The molecule has 0 amide bonds. The number of rotatable bonds is 1. The van der Waals surface area contributed by atoms with Crippen LogP contribution in [0.2, 0.25) is 0 Å². The van der Waals surface area contributed by atoms with Crippen molar-refractivity contribution in [3.8, 4) is 0 Å². The highest BCUT2D eigenvalue weighted by Gasteiger charge is 2.31. The van der Waals surface area contributed by atoms with Gasteiger partial charge in [0, 0.05) is 10.5 Å². The molecule has 2 heteroatoms. The Hall–Kier alpha value is -0.760. The minimum atomic E-state index is 0.203. The maximum Gasteiger partial charge on any atom is 0.150 e. The van der Waals surface area contributed by atoms with Crippen LogP contribution in [0, 0.1) is 13.8 Å². The molecule has 0 saturated heterocycles. The Morgan fingerprint density at radius 3 is 2.69 bits per heavy atom. The van der Waals surface area contributed by atoms with Crippen LogP contribution in [-0.4, -0.2) is 12.0 Å². The van der Waals surface area contributed by atoms with E-state index in [0.29, 0.717) is 0 Å². The molecule has 2 rings (SSSR count). The predicted molar refractivity (Wildman–Crippen MR) is 69.7 cm³/mol. The summed E-state index contributed by atoms with van der Waals surface area (Å²) in [5, 5.41) is 0. The van der Waals surface area contributed by atoms with Crippen LogP contribution in [0.4, 0.5) is 0 Å². The monoisotopic (exact) mass is 234 g/mol. The Morgan fingerprint density at radius 1 is 1.38 bits per heavy atom. The van der Waals surface area contributed by atoms with Crippen molar-refractivity contribution in [2.45, 2.75) is 44.4 Å². The molecule has 1 aromatic rings. The Kier molecular flexibility index (Phi) is 2.87. The van der Waals surface area contributed by atoms with Gasteiger partial charge in [0.1, 0.15) is 6.29 Å². The molecular formula is C14H18OS. The summed E-state index contributed by atoms with van der Waals surface area (Å²) in [6.45, 7) is 8.76. The number of aryl methyl sites for hydroxylation is 1. The van der Waals surface area contributed by atoms with Crippen molar-refractivity contribution in [1.82, 2.24) is 0 Å². The molecule has 0 spiro atoms. The second kappa shape index (κ2) is 3.92. The average Bonchev–Trinajstić information content (AvgIpc) is 2.21. The molecule has 0 radical (unpaired) electrons. The van der Waals surface area contributed by atoms with Crippen molar-refractivity contribution in [1.29, 1.82) is 0 Å². The molecule has 0 aliphatic carbocycles. The standard InChI is InChI=1S/C14H18OS/c1-9-7-11(8-15)10(2)12-13(9)16-6-5-14(12,3)4/h7-8H,5-6H2,1-4H3. The molecule has 1 aromatic carbocycles. The van der Waals surface area contributed by atoms with Crippen molar-refractivity contribution in [3.63, 3.8) is 0 Å². The summed E-state index contributed by atoms with van der Waals surface area (Å²) in [4.78, 5) is 12.5. The molecule has 0 bridgehead atoms. The predicted octanol–water partition coefficient (Wildman–Crippen LogP) is 3.89. The number of carbonyl (C=O) groups excluding carboxylic acids is 1. The molecule has 1 aliphatic rings. The first-order valence-electron chi connectivity index (χ1n) is 5.70. The van der Waals surface area contributed by atoms with Gasteiger partial charge in [-0.2, -0.15) is 0 Å². The zero-order chi connectivity index (χ0) is 11.9. The fraction of sp³-hybridized carbons (Fsp3) is 0.500. The Morgan fingerprint density at radius 2 is 2.06 bits per heavy atom. The van der Waals surface area contributed by atoms with E-state index in [1.807, 2.05) is 17.8 Å². The molecule has 86 valence electrons. The first kappa shape index (κ1) is 11.7. The maximum absolute atomic E-state index is 11.1. The summed E-state index contributed by atoms with van der Waals surface area (Å²) in [6.07, 6.45) is 2.17. The lowest BCUT2D eigenvalue weighted by atomic mass is 9.77. The van der Waals surface area contributed by atoms with E-state index in [2.05, 4.69) is 27.7 Å². The minimum absolute atomic E-state index is 0.203. The molecule has 0 aromatic heterocycles. The second-order valence-electron chi connectivity index (χ2n) is 5.21. The number of hydrogen-bond acceptors (Lipinski definition) is 2. The van der Waals surface area contributed by atoms with E-state index >= 15 is 0 Å². The summed E-state index contributed by atoms with van der Waals surface area (Å²) in [5.41, 5.74) is 4.88. The molecular weight excluding hydrogens is 216 g/mol. The van der Waals surface area contributed by atoms with Crippen LogP contribution in [0.15, 0.2) is 11.0 Å². The quantitative estimate of drug-likeness (QED) is 0.686. The van der Waals surface area contributed by atoms with E-state index in [-0.39, 0.29) is 5.41 Å². The molecule has 1 nitrogen and oxygen atoms in total. The fourth-order valence-corrected chi connectivity index (χ4v) is 4.25. The average molecular weight is 234 g/mol. The zero-order valence-corrected chi connectivity index (χ0v) is 11.2. The largest absolute Gasteiger partial charge is 0.298 e. The minimum Gasteiger partial charge on any atom is -0.298 e. The Balaban J connectivity index is 2.76. The first-order valence-corrected chi connectivity index (χ1v) is 6.68. The summed E-state index contributed by atoms with van der Waals surface area (Å²) in [6, 6.07) is 2.02. The van der Waals surface area contributed by atoms with Gasteiger partial charge in [0.25, 0.3) is 0 Å². The van der Waals surface area contributed by atoms with Crippen molar-refractivity contribution < 1.29 is 4.79 Å². The van der Waals surface area contributed by atoms with Crippen molar-refractivity contribution in [2.75, 3.05) is 5.75 Å². The van der Waals surface area contributed by atoms with Crippen LogP contribution in [0.3, 0.4) is 0 Å². The highest BCUT2D eigenvalue weighted by Crippen LogP contribution is 2.45. The normalized spacial score (nSPS) is 18.0. The molecule has 0 fully saturated rings. The van der Waals surface area contributed by atoms with Gasteiger partial charge in [-0.25, -0.2) is 0 Å². The third-order valence-electron chi connectivity index (χ3n) is 3.54. The van der Waals surface area contributed by atoms with E-state index in [4.69, 9.17) is 0 Å². The van der Waals surface area contributed by atoms with Gasteiger partial charge >= 0.3 is 0 Å². The molecule has 1 aliphatic heterocycles.